The van der Waals surface area contributed by atoms with Crippen molar-refractivity contribution in [1.82, 2.24) is 10.3 Å². The van der Waals surface area contributed by atoms with E-state index in [1.165, 1.54) is 12.8 Å². The molecule has 1 saturated heterocycles. The molecule has 0 aromatic carbocycles. The van der Waals surface area contributed by atoms with Gasteiger partial charge in [0, 0.05) is 32.3 Å². The number of nitrogens with one attached hydrogen (secondary N) is 1. The molecular weight excluding hydrogens is 286 g/mol. The lowest BCUT2D eigenvalue weighted by Crippen LogP contribution is -2.33. The van der Waals surface area contributed by atoms with Gasteiger partial charge in [-0.15, -0.1) is 0 Å². The number of allylic oxidation sites excluding steroid dienone is 2. The third-order valence-electron chi connectivity index (χ3n) is 4.97. The van der Waals surface area contributed by atoms with Gasteiger partial charge < -0.3 is 10.2 Å². The average molecular weight is 313 g/mol. The van der Waals surface area contributed by atoms with Crippen molar-refractivity contribution in [2.45, 2.75) is 45.6 Å². The molecule has 1 aromatic heterocycles. The van der Waals surface area contributed by atoms with Gasteiger partial charge in [0.1, 0.15) is 5.82 Å². The summed E-state index contributed by atoms with van der Waals surface area (Å²) in [5.74, 6) is 2.45. The molecule has 1 aliphatic heterocycles. The summed E-state index contributed by atoms with van der Waals surface area (Å²) in [5.41, 5.74) is 1.06. The minimum Gasteiger partial charge on any atom is -0.357 e. The molecule has 1 aliphatic carbocycles. The topological polar surface area (TPSA) is 45.2 Å². The van der Waals surface area contributed by atoms with Gasteiger partial charge >= 0.3 is 0 Å². The first-order chi connectivity index (χ1) is 11.2. The zero-order chi connectivity index (χ0) is 16.1. The highest BCUT2D eigenvalue weighted by molar-refractivity contribution is 5.76. The quantitative estimate of drug-likeness (QED) is 0.848. The number of anilines is 1. The van der Waals surface area contributed by atoms with Gasteiger partial charge in [-0.2, -0.15) is 0 Å². The van der Waals surface area contributed by atoms with E-state index in [0.29, 0.717) is 18.9 Å². The number of hydrogen-bond donors (Lipinski definition) is 1. The van der Waals surface area contributed by atoms with Crippen LogP contribution >= 0.6 is 0 Å². The zero-order valence-electron chi connectivity index (χ0n) is 14.0. The van der Waals surface area contributed by atoms with E-state index in [-0.39, 0.29) is 5.91 Å². The fourth-order valence-electron chi connectivity index (χ4n) is 3.32. The Hall–Kier alpha value is -1.84. The van der Waals surface area contributed by atoms with Crippen molar-refractivity contribution < 1.29 is 4.79 Å². The number of piperidine rings is 1. The lowest BCUT2D eigenvalue weighted by atomic mass is 9.99. The number of amides is 1. The summed E-state index contributed by atoms with van der Waals surface area (Å²) in [4.78, 5) is 18.9. The van der Waals surface area contributed by atoms with Crippen LogP contribution in [-0.2, 0) is 11.3 Å². The number of carbonyl (C=O) groups excluding carboxylic acids is 1. The minimum atomic E-state index is 0.135. The molecule has 1 aromatic rings. The summed E-state index contributed by atoms with van der Waals surface area (Å²) < 4.78 is 0. The number of carbonyl (C=O) groups is 1. The monoisotopic (exact) mass is 313 g/mol. The summed E-state index contributed by atoms with van der Waals surface area (Å²) in [5, 5.41) is 3.00. The Morgan fingerprint density at radius 2 is 2.13 bits per heavy atom. The van der Waals surface area contributed by atoms with Crippen molar-refractivity contribution >= 4 is 11.7 Å². The Morgan fingerprint density at radius 3 is 2.78 bits per heavy atom. The van der Waals surface area contributed by atoms with Gasteiger partial charge in [0.2, 0.25) is 5.91 Å². The molecule has 23 heavy (non-hydrogen) atoms. The van der Waals surface area contributed by atoms with Crippen LogP contribution in [0.15, 0.2) is 30.5 Å². The zero-order valence-corrected chi connectivity index (χ0v) is 14.0. The van der Waals surface area contributed by atoms with Gasteiger partial charge in [-0.1, -0.05) is 25.1 Å². The van der Waals surface area contributed by atoms with Crippen LogP contribution in [0.25, 0.3) is 0 Å². The summed E-state index contributed by atoms with van der Waals surface area (Å²) >= 11 is 0. The molecule has 1 N–H and O–H groups in total. The molecule has 1 unspecified atom stereocenters. The molecule has 0 saturated carbocycles. The molecule has 0 radical (unpaired) electrons. The lowest BCUT2D eigenvalue weighted by Gasteiger charge is -2.31. The molecule has 2 heterocycles. The van der Waals surface area contributed by atoms with E-state index in [2.05, 4.69) is 46.4 Å². The van der Waals surface area contributed by atoms with Crippen molar-refractivity contribution in [3.63, 3.8) is 0 Å². The molecule has 124 valence electrons. The van der Waals surface area contributed by atoms with Crippen molar-refractivity contribution in [2.75, 3.05) is 18.0 Å². The Kier molecular flexibility index (Phi) is 5.31. The van der Waals surface area contributed by atoms with E-state index in [1.807, 2.05) is 6.20 Å². The van der Waals surface area contributed by atoms with Gasteiger partial charge in [-0.05, 0) is 49.1 Å². The average Bonchev–Trinajstić information content (AvgIpc) is 3.07. The Bertz CT molecular complexity index is 544. The third-order valence-corrected chi connectivity index (χ3v) is 4.97. The Labute approximate surface area is 139 Å². The molecule has 0 bridgehead atoms. The second-order valence-electron chi connectivity index (χ2n) is 6.94. The van der Waals surface area contributed by atoms with Crippen LogP contribution in [0.3, 0.4) is 0 Å². The smallest absolute Gasteiger partial charge is 0.220 e. The van der Waals surface area contributed by atoms with Gasteiger partial charge in [0.05, 0.1) is 0 Å². The van der Waals surface area contributed by atoms with Crippen molar-refractivity contribution in [1.29, 1.82) is 0 Å². The number of nitrogens with zero attached hydrogens (tertiary/aromatic N) is 2. The number of hydrogen-bond acceptors (Lipinski definition) is 3. The van der Waals surface area contributed by atoms with E-state index < -0.39 is 0 Å². The van der Waals surface area contributed by atoms with Crippen molar-refractivity contribution in [3.8, 4) is 0 Å². The lowest BCUT2D eigenvalue weighted by molar-refractivity contribution is -0.121. The third kappa shape index (κ3) is 4.57. The van der Waals surface area contributed by atoms with Crippen LogP contribution in [-0.4, -0.2) is 24.0 Å². The molecule has 0 spiro atoms. The van der Waals surface area contributed by atoms with Crippen LogP contribution < -0.4 is 10.2 Å². The predicted molar refractivity (Wildman–Crippen MR) is 93.2 cm³/mol. The number of rotatable bonds is 5. The maximum Gasteiger partial charge on any atom is 0.220 e. The summed E-state index contributed by atoms with van der Waals surface area (Å²) in [6.45, 7) is 5.08. The SMILES string of the molecule is CC1CCN(c2ccc(CNC(=O)CC3C=CCC3)cn2)CC1. The molecular formula is C19H27N3O. The largest absolute Gasteiger partial charge is 0.357 e. The van der Waals surface area contributed by atoms with Crippen LogP contribution in [0.2, 0.25) is 0 Å². The van der Waals surface area contributed by atoms with E-state index >= 15 is 0 Å². The summed E-state index contributed by atoms with van der Waals surface area (Å²) in [6.07, 6.45) is 11.5. The van der Waals surface area contributed by atoms with Gasteiger partial charge in [0.25, 0.3) is 0 Å². The normalized spacial score (nSPS) is 21.6. The highest BCUT2D eigenvalue weighted by Gasteiger charge is 2.17. The molecule has 1 amide bonds. The first kappa shape index (κ1) is 16.0. The highest BCUT2D eigenvalue weighted by Crippen LogP contribution is 2.22. The van der Waals surface area contributed by atoms with E-state index in [9.17, 15) is 4.79 Å². The fraction of sp³-hybridized carbons (Fsp3) is 0.579. The van der Waals surface area contributed by atoms with Crippen molar-refractivity contribution in [3.05, 3.63) is 36.0 Å². The van der Waals surface area contributed by atoms with Crippen LogP contribution in [0.5, 0.6) is 0 Å². The first-order valence-electron chi connectivity index (χ1n) is 8.84. The van der Waals surface area contributed by atoms with Gasteiger partial charge in [-0.3, -0.25) is 4.79 Å². The Morgan fingerprint density at radius 1 is 1.30 bits per heavy atom. The van der Waals surface area contributed by atoms with Crippen LogP contribution in [0, 0.1) is 11.8 Å². The Balaban J connectivity index is 1.45. The molecule has 2 aliphatic rings. The van der Waals surface area contributed by atoms with E-state index in [0.717, 1.165) is 43.2 Å². The molecule has 3 rings (SSSR count). The minimum absolute atomic E-state index is 0.135. The molecule has 4 heteroatoms. The predicted octanol–water partition coefficient (Wildman–Crippen LogP) is 3.29. The maximum absolute atomic E-state index is 11.9. The number of pyridine rings is 1. The first-order valence-corrected chi connectivity index (χ1v) is 8.84. The van der Waals surface area contributed by atoms with Gasteiger partial charge in [-0.25, -0.2) is 4.98 Å². The standard InChI is InChI=1S/C19H27N3O/c1-15-8-10-22(11-9-15)18-7-6-17(13-20-18)14-21-19(23)12-16-4-2-3-5-16/h2,4,6-7,13,15-16H,3,5,8-12,14H2,1H3,(H,21,23). The summed E-state index contributed by atoms with van der Waals surface area (Å²) in [7, 11) is 0. The van der Waals surface area contributed by atoms with E-state index in [1.54, 1.807) is 0 Å². The highest BCUT2D eigenvalue weighted by atomic mass is 16.1. The maximum atomic E-state index is 11.9. The second kappa shape index (κ2) is 7.62. The number of aromatic nitrogens is 1. The molecule has 1 atom stereocenters. The fourth-order valence-corrected chi connectivity index (χ4v) is 3.32. The van der Waals surface area contributed by atoms with Gasteiger partial charge in [0.15, 0.2) is 0 Å². The van der Waals surface area contributed by atoms with Crippen molar-refractivity contribution in [2.24, 2.45) is 11.8 Å². The second-order valence-corrected chi connectivity index (χ2v) is 6.94. The van der Waals surface area contributed by atoms with Crippen LogP contribution in [0.1, 0.15) is 44.6 Å². The summed E-state index contributed by atoms with van der Waals surface area (Å²) in [6, 6.07) is 4.16. The van der Waals surface area contributed by atoms with E-state index in [4.69, 9.17) is 0 Å². The molecule has 4 nitrogen and oxygen atoms in total. The molecule has 1 fully saturated rings. The van der Waals surface area contributed by atoms with Crippen LogP contribution in [0.4, 0.5) is 5.82 Å².